The van der Waals surface area contributed by atoms with Crippen molar-refractivity contribution in [2.24, 2.45) is 5.73 Å². The van der Waals surface area contributed by atoms with Crippen molar-refractivity contribution >= 4 is 5.82 Å². The van der Waals surface area contributed by atoms with Gasteiger partial charge in [0.25, 0.3) is 0 Å². The Morgan fingerprint density at radius 3 is 2.67 bits per heavy atom. The number of nitrogens with zero attached hydrogens (tertiary/aromatic N) is 3. The molecular weight excluding hydrogens is 224 g/mol. The molecule has 0 saturated carbocycles. The molecule has 0 aromatic carbocycles. The maximum Gasteiger partial charge on any atom is 0.128 e. The maximum atomic E-state index is 5.82. The van der Waals surface area contributed by atoms with Gasteiger partial charge in [-0.05, 0) is 44.5 Å². The Bertz CT molecular complexity index is 355. The molecule has 2 rings (SSSR count). The molecule has 1 atom stereocenters. The van der Waals surface area contributed by atoms with Gasteiger partial charge in [-0.3, -0.25) is 0 Å². The van der Waals surface area contributed by atoms with E-state index in [0.717, 1.165) is 24.5 Å². The van der Waals surface area contributed by atoms with Gasteiger partial charge in [-0.2, -0.15) is 0 Å². The lowest BCUT2D eigenvalue weighted by molar-refractivity contribution is 0.346. The van der Waals surface area contributed by atoms with E-state index in [-0.39, 0.29) is 6.04 Å². The lowest BCUT2D eigenvalue weighted by Gasteiger charge is -2.22. The second-order valence-corrected chi connectivity index (χ2v) is 5.21. The van der Waals surface area contributed by atoms with Crippen LogP contribution in [0, 0.1) is 0 Å². The normalized spacial score (nSPS) is 17.9. The van der Waals surface area contributed by atoms with E-state index < -0.39 is 0 Å². The second-order valence-electron chi connectivity index (χ2n) is 5.21. The Morgan fingerprint density at radius 1 is 1.39 bits per heavy atom. The number of pyridine rings is 1. The number of hydrogen-bond donors (Lipinski definition) is 1. The van der Waals surface area contributed by atoms with Crippen molar-refractivity contribution < 1.29 is 0 Å². The lowest BCUT2D eigenvalue weighted by Crippen LogP contribution is -2.31. The highest BCUT2D eigenvalue weighted by atomic mass is 15.2. The largest absolute Gasteiger partial charge is 0.358 e. The van der Waals surface area contributed by atoms with Crippen molar-refractivity contribution in [3.05, 3.63) is 23.9 Å². The number of hydrogen-bond acceptors (Lipinski definition) is 4. The molecule has 4 nitrogen and oxygen atoms in total. The van der Waals surface area contributed by atoms with E-state index in [4.69, 9.17) is 5.73 Å². The topological polar surface area (TPSA) is 45.4 Å². The van der Waals surface area contributed by atoms with Crippen LogP contribution >= 0.6 is 0 Å². The summed E-state index contributed by atoms with van der Waals surface area (Å²) in [6, 6.07) is 4.18. The van der Waals surface area contributed by atoms with Crippen LogP contribution in [0.1, 0.15) is 31.4 Å². The molecule has 1 saturated heterocycles. The molecular formula is C14H24N4. The number of nitrogens with two attached hydrogens (primary N) is 1. The van der Waals surface area contributed by atoms with Gasteiger partial charge in [0.15, 0.2) is 0 Å². The molecule has 0 amide bonds. The van der Waals surface area contributed by atoms with Crippen LogP contribution in [-0.2, 0) is 0 Å². The fourth-order valence-electron chi connectivity index (χ4n) is 2.30. The van der Waals surface area contributed by atoms with E-state index in [1.165, 1.54) is 25.9 Å². The Kier molecular flexibility index (Phi) is 4.55. The van der Waals surface area contributed by atoms with Crippen molar-refractivity contribution in [3.8, 4) is 0 Å². The minimum Gasteiger partial charge on any atom is -0.358 e. The summed E-state index contributed by atoms with van der Waals surface area (Å²) < 4.78 is 0. The zero-order valence-electron chi connectivity index (χ0n) is 11.5. The fraction of sp³-hybridized carbons (Fsp3) is 0.643. The van der Waals surface area contributed by atoms with E-state index in [9.17, 15) is 0 Å². The summed E-state index contributed by atoms with van der Waals surface area (Å²) in [6.45, 7) is 6.65. The van der Waals surface area contributed by atoms with Crippen LogP contribution in [0.15, 0.2) is 18.3 Å². The van der Waals surface area contributed by atoms with Gasteiger partial charge in [0, 0.05) is 32.4 Å². The predicted octanol–water partition coefficient (Wildman–Crippen LogP) is 1.63. The number of anilines is 1. The van der Waals surface area contributed by atoms with E-state index in [1.54, 1.807) is 0 Å². The molecule has 18 heavy (non-hydrogen) atoms. The Balaban J connectivity index is 1.85. The molecule has 0 radical (unpaired) electrons. The second kappa shape index (κ2) is 6.16. The van der Waals surface area contributed by atoms with Gasteiger partial charge in [0.1, 0.15) is 5.82 Å². The molecule has 1 aliphatic rings. The summed E-state index contributed by atoms with van der Waals surface area (Å²) >= 11 is 0. The summed E-state index contributed by atoms with van der Waals surface area (Å²) in [5.74, 6) is 1.03. The quantitative estimate of drug-likeness (QED) is 0.860. The van der Waals surface area contributed by atoms with Crippen molar-refractivity contribution in [2.75, 3.05) is 38.1 Å². The zero-order valence-corrected chi connectivity index (χ0v) is 11.5. The Labute approximate surface area is 110 Å². The van der Waals surface area contributed by atoms with Crippen LogP contribution < -0.4 is 10.6 Å². The summed E-state index contributed by atoms with van der Waals surface area (Å²) in [5.41, 5.74) is 6.91. The first kappa shape index (κ1) is 13.3. The number of rotatable bonds is 5. The standard InChI is InChI=1S/C14H24N4/c1-12(15)13-5-6-14(16-11-13)17(2)9-10-18-7-3-4-8-18/h5-6,11-12H,3-4,7-10,15H2,1-2H3/t12-/m0/s1. The minimum atomic E-state index is 0.0569. The summed E-state index contributed by atoms with van der Waals surface area (Å²) in [6.07, 6.45) is 4.59. The SMILES string of the molecule is C[C@H](N)c1ccc(N(C)CCN2CCCC2)nc1. The molecule has 2 heterocycles. The predicted molar refractivity (Wildman–Crippen MR) is 75.8 cm³/mol. The van der Waals surface area contributed by atoms with Gasteiger partial charge in [-0.15, -0.1) is 0 Å². The van der Waals surface area contributed by atoms with Crippen molar-refractivity contribution in [3.63, 3.8) is 0 Å². The molecule has 1 aromatic heterocycles. The van der Waals surface area contributed by atoms with Crippen LogP contribution in [0.2, 0.25) is 0 Å². The first-order chi connectivity index (χ1) is 8.66. The summed E-state index contributed by atoms with van der Waals surface area (Å²) in [4.78, 5) is 9.20. The highest BCUT2D eigenvalue weighted by molar-refractivity contribution is 5.38. The van der Waals surface area contributed by atoms with Gasteiger partial charge < -0.3 is 15.5 Å². The zero-order chi connectivity index (χ0) is 13.0. The smallest absolute Gasteiger partial charge is 0.128 e. The fourth-order valence-corrected chi connectivity index (χ4v) is 2.30. The number of likely N-dealkylation sites (N-methyl/N-ethyl adjacent to an activating group) is 1. The Morgan fingerprint density at radius 2 is 2.11 bits per heavy atom. The van der Waals surface area contributed by atoms with Gasteiger partial charge >= 0.3 is 0 Å². The number of aromatic nitrogens is 1. The molecule has 0 bridgehead atoms. The molecule has 1 aromatic rings. The third-order valence-electron chi connectivity index (χ3n) is 3.64. The lowest BCUT2D eigenvalue weighted by atomic mass is 10.1. The van der Waals surface area contributed by atoms with E-state index in [2.05, 4.69) is 34.0 Å². The molecule has 4 heteroatoms. The van der Waals surface area contributed by atoms with Crippen LogP contribution in [0.25, 0.3) is 0 Å². The minimum absolute atomic E-state index is 0.0569. The average Bonchev–Trinajstić information content (AvgIpc) is 2.89. The third-order valence-corrected chi connectivity index (χ3v) is 3.64. The van der Waals surface area contributed by atoms with E-state index >= 15 is 0 Å². The van der Waals surface area contributed by atoms with Gasteiger partial charge in [0.05, 0.1) is 0 Å². The number of likely N-dealkylation sites (tertiary alicyclic amines) is 1. The van der Waals surface area contributed by atoms with Crippen LogP contribution in [0.3, 0.4) is 0 Å². The molecule has 1 fully saturated rings. The van der Waals surface area contributed by atoms with Crippen LogP contribution in [-0.4, -0.2) is 43.1 Å². The highest BCUT2D eigenvalue weighted by Gasteiger charge is 2.12. The van der Waals surface area contributed by atoms with Crippen molar-refractivity contribution in [1.29, 1.82) is 0 Å². The van der Waals surface area contributed by atoms with Gasteiger partial charge in [-0.25, -0.2) is 4.98 Å². The average molecular weight is 248 g/mol. The Hall–Kier alpha value is -1.13. The molecule has 0 aliphatic carbocycles. The third kappa shape index (κ3) is 3.43. The molecule has 100 valence electrons. The van der Waals surface area contributed by atoms with Gasteiger partial charge in [-0.1, -0.05) is 6.07 Å². The first-order valence-corrected chi connectivity index (χ1v) is 6.82. The maximum absolute atomic E-state index is 5.82. The molecule has 0 unspecified atom stereocenters. The van der Waals surface area contributed by atoms with E-state index in [0.29, 0.717) is 0 Å². The van der Waals surface area contributed by atoms with E-state index in [1.807, 2.05) is 13.1 Å². The molecule has 1 aliphatic heterocycles. The van der Waals surface area contributed by atoms with Crippen LogP contribution in [0.4, 0.5) is 5.82 Å². The first-order valence-electron chi connectivity index (χ1n) is 6.82. The summed E-state index contributed by atoms with van der Waals surface area (Å²) in [5, 5.41) is 0. The summed E-state index contributed by atoms with van der Waals surface area (Å²) in [7, 11) is 2.10. The van der Waals surface area contributed by atoms with Crippen molar-refractivity contribution in [1.82, 2.24) is 9.88 Å². The van der Waals surface area contributed by atoms with Gasteiger partial charge in [0.2, 0.25) is 0 Å². The molecule has 0 spiro atoms. The van der Waals surface area contributed by atoms with Crippen LogP contribution in [0.5, 0.6) is 0 Å². The highest BCUT2D eigenvalue weighted by Crippen LogP contribution is 2.14. The molecule has 2 N–H and O–H groups in total. The monoisotopic (exact) mass is 248 g/mol. The van der Waals surface area contributed by atoms with Crippen molar-refractivity contribution in [2.45, 2.75) is 25.8 Å².